The number of hydrogen-bond donors (Lipinski definition) is 2. The molecule has 0 bridgehead atoms. The summed E-state index contributed by atoms with van der Waals surface area (Å²) in [5, 5.41) is 24.0. The number of halogens is 1. The molecule has 3 aromatic carbocycles. The van der Waals surface area contributed by atoms with Crippen molar-refractivity contribution in [3.63, 3.8) is 0 Å². The van der Waals surface area contributed by atoms with Gasteiger partial charge in [0.1, 0.15) is 5.01 Å². The van der Waals surface area contributed by atoms with E-state index < -0.39 is 11.6 Å². The summed E-state index contributed by atoms with van der Waals surface area (Å²) in [4.78, 5) is 16.6. The molecule has 0 aliphatic rings. The van der Waals surface area contributed by atoms with Crippen LogP contribution in [0.2, 0.25) is 5.02 Å². The van der Waals surface area contributed by atoms with Crippen LogP contribution >= 0.6 is 22.9 Å². The molecule has 5 aromatic rings. The molecule has 0 radical (unpaired) electrons. The number of fused-ring (bicyclic) bond motifs is 1. The monoisotopic (exact) mass is 561 g/mol. The molecular weight excluding hydrogens is 530 g/mol. The number of aromatic nitrogens is 3. The maximum absolute atomic E-state index is 11.7. The first-order valence-corrected chi connectivity index (χ1v) is 13.7. The zero-order chi connectivity index (χ0) is 28.5. The minimum absolute atomic E-state index is 0.0528. The van der Waals surface area contributed by atoms with Gasteiger partial charge in [0, 0.05) is 34.5 Å². The molecule has 0 saturated heterocycles. The van der Waals surface area contributed by atoms with E-state index in [-0.39, 0.29) is 6.42 Å². The Morgan fingerprint density at radius 2 is 1.67 bits per heavy atom. The van der Waals surface area contributed by atoms with Crippen LogP contribution in [0, 0.1) is 13.8 Å². The lowest BCUT2D eigenvalue weighted by molar-refractivity contribution is -0.136. The standard InChI is InChI=1S/C27H22ClN3O2S.C4H10O/c1-15-11-23-26(25(21(15)13-24(32)33)17-7-9-20(28)10-8-17)34-27(30-23)19-6-4-5-18(12-19)22-14-29-31(3)16(22)2;1-4(2,3)5/h4-12,14H,13H2,1-3H3,(H,32,33);5H,1-3H3. The molecule has 0 spiro atoms. The molecule has 0 aliphatic heterocycles. The van der Waals surface area contributed by atoms with Crippen LogP contribution in [-0.2, 0) is 18.3 Å². The van der Waals surface area contributed by atoms with Crippen molar-refractivity contribution >= 4 is 39.1 Å². The van der Waals surface area contributed by atoms with Crippen molar-refractivity contribution in [2.75, 3.05) is 0 Å². The first kappa shape index (κ1) is 28.5. The van der Waals surface area contributed by atoms with E-state index in [0.717, 1.165) is 59.9 Å². The highest BCUT2D eigenvalue weighted by molar-refractivity contribution is 7.22. The van der Waals surface area contributed by atoms with Gasteiger partial charge in [-0.05, 0) is 81.1 Å². The minimum Gasteiger partial charge on any atom is -0.481 e. The van der Waals surface area contributed by atoms with Gasteiger partial charge in [-0.1, -0.05) is 41.9 Å². The van der Waals surface area contributed by atoms with E-state index in [1.165, 1.54) is 0 Å². The van der Waals surface area contributed by atoms with E-state index >= 15 is 0 Å². The molecule has 2 heterocycles. The second-order valence-corrected chi connectivity index (χ2v) is 11.9. The van der Waals surface area contributed by atoms with Gasteiger partial charge in [0.15, 0.2) is 0 Å². The fraction of sp³-hybridized carbons (Fsp3) is 0.258. The van der Waals surface area contributed by atoms with Crippen LogP contribution in [-0.4, -0.2) is 36.5 Å². The predicted octanol–water partition coefficient (Wildman–Crippen LogP) is 7.71. The molecule has 39 heavy (non-hydrogen) atoms. The fourth-order valence-corrected chi connectivity index (χ4v) is 5.52. The van der Waals surface area contributed by atoms with Crippen LogP contribution in [0.15, 0.2) is 60.8 Å². The third-order valence-corrected chi connectivity index (χ3v) is 7.52. The van der Waals surface area contributed by atoms with Gasteiger partial charge in [-0.25, -0.2) is 4.98 Å². The average Bonchev–Trinajstić information content (AvgIpc) is 3.42. The Bertz CT molecular complexity index is 1640. The molecule has 6 nitrogen and oxygen atoms in total. The number of nitrogens with zero attached hydrogens (tertiary/aromatic N) is 3. The summed E-state index contributed by atoms with van der Waals surface area (Å²) >= 11 is 7.71. The van der Waals surface area contributed by atoms with Crippen molar-refractivity contribution in [2.24, 2.45) is 7.05 Å². The summed E-state index contributed by atoms with van der Waals surface area (Å²) in [5.41, 5.74) is 8.21. The largest absolute Gasteiger partial charge is 0.481 e. The number of rotatable bonds is 5. The Kier molecular flexibility index (Phi) is 8.25. The summed E-state index contributed by atoms with van der Waals surface area (Å²) in [6, 6.07) is 17.8. The molecule has 0 aliphatic carbocycles. The minimum atomic E-state index is -0.859. The number of carboxylic acids is 1. The summed E-state index contributed by atoms with van der Waals surface area (Å²) in [6.45, 7) is 9.23. The van der Waals surface area contributed by atoms with E-state index in [0.29, 0.717) is 5.02 Å². The van der Waals surface area contributed by atoms with Gasteiger partial charge in [-0.2, -0.15) is 5.10 Å². The molecule has 0 unspecified atom stereocenters. The third kappa shape index (κ3) is 6.74. The van der Waals surface area contributed by atoms with Crippen molar-refractivity contribution in [3.8, 4) is 32.8 Å². The quantitative estimate of drug-likeness (QED) is 0.229. The van der Waals surface area contributed by atoms with Gasteiger partial charge >= 0.3 is 5.97 Å². The number of hydrogen-bond acceptors (Lipinski definition) is 5. The lowest BCUT2D eigenvalue weighted by Crippen LogP contribution is -2.10. The van der Waals surface area contributed by atoms with Gasteiger partial charge < -0.3 is 10.2 Å². The fourth-order valence-electron chi connectivity index (χ4n) is 4.26. The van der Waals surface area contributed by atoms with E-state index in [1.54, 1.807) is 32.1 Å². The van der Waals surface area contributed by atoms with Gasteiger partial charge in [-0.3, -0.25) is 9.48 Å². The maximum Gasteiger partial charge on any atom is 0.307 e. The third-order valence-electron chi connectivity index (χ3n) is 6.13. The van der Waals surface area contributed by atoms with Crippen LogP contribution in [0.1, 0.15) is 37.6 Å². The van der Waals surface area contributed by atoms with Crippen LogP contribution in [0.4, 0.5) is 0 Å². The number of aliphatic carboxylic acids is 1. The Hall–Kier alpha value is -3.52. The van der Waals surface area contributed by atoms with E-state index in [1.807, 2.05) is 61.2 Å². The molecule has 5 rings (SSSR count). The topological polar surface area (TPSA) is 88.2 Å². The van der Waals surface area contributed by atoms with Gasteiger partial charge in [0.2, 0.25) is 0 Å². The Labute approximate surface area is 237 Å². The molecule has 202 valence electrons. The normalized spacial score (nSPS) is 11.4. The molecular formula is C31H32ClN3O3S. The number of aliphatic hydroxyl groups is 1. The molecule has 0 fully saturated rings. The highest BCUT2D eigenvalue weighted by Crippen LogP contribution is 2.41. The van der Waals surface area contributed by atoms with Crippen molar-refractivity contribution < 1.29 is 15.0 Å². The lowest BCUT2D eigenvalue weighted by atomic mass is 9.93. The maximum atomic E-state index is 11.7. The second-order valence-electron chi connectivity index (χ2n) is 10.5. The summed E-state index contributed by atoms with van der Waals surface area (Å²) in [7, 11) is 1.94. The Balaban J connectivity index is 0.000000648. The number of carbonyl (C=O) groups is 1. The molecule has 2 N–H and O–H groups in total. The summed E-state index contributed by atoms with van der Waals surface area (Å²) in [6.07, 6.45) is 1.83. The molecule has 8 heteroatoms. The molecule has 0 amide bonds. The van der Waals surface area contributed by atoms with Gasteiger partial charge in [0.25, 0.3) is 0 Å². The Morgan fingerprint density at radius 1 is 1.03 bits per heavy atom. The van der Waals surface area contributed by atoms with E-state index in [4.69, 9.17) is 21.7 Å². The number of thiazole rings is 1. The van der Waals surface area contributed by atoms with Crippen molar-refractivity contribution in [1.82, 2.24) is 14.8 Å². The SMILES string of the molecule is CC(C)(C)O.Cc1cc2nc(-c3cccc(-c4cnn(C)c4C)c3)sc2c(-c2ccc(Cl)cc2)c1CC(=O)O. The zero-order valence-electron chi connectivity index (χ0n) is 22.9. The van der Waals surface area contributed by atoms with Gasteiger partial charge in [-0.15, -0.1) is 11.3 Å². The van der Waals surface area contributed by atoms with Crippen molar-refractivity contribution in [2.45, 2.75) is 46.6 Å². The molecule has 0 atom stereocenters. The van der Waals surface area contributed by atoms with E-state index in [9.17, 15) is 9.90 Å². The van der Waals surface area contributed by atoms with Crippen LogP contribution in [0.25, 0.3) is 43.0 Å². The number of aryl methyl sites for hydroxylation is 2. The van der Waals surface area contributed by atoms with Crippen LogP contribution in [0.5, 0.6) is 0 Å². The van der Waals surface area contributed by atoms with E-state index in [2.05, 4.69) is 30.2 Å². The zero-order valence-corrected chi connectivity index (χ0v) is 24.5. The highest BCUT2D eigenvalue weighted by atomic mass is 35.5. The van der Waals surface area contributed by atoms with Crippen LogP contribution in [0.3, 0.4) is 0 Å². The first-order chi connectivity index (χ1) is 18.3. The highest BCUT2D eigenvalue weighted by Gasteiger charge is 2.20. The van der Waals surface area contributed by atoms with Crippen LogP contribution < -0.4 is 0 Å². The molecule has 0 saturated carbocycles. The lowest BCUT2D eigenvalue weighted by Gasteiger charge is -2.13. The van der Waals surface area contributed by atoms with Crippen molar-refractivity contribution in [3.05, 3.63) is 82.6 Å². The number of benzene rings is 3. The predicted molar refractivity (Wildman–Crippen MR) is 160 cm³/mol. The molecule has 2 aromatic heterocycles. The van der Waals surface area contributed by atoms with Crippen molar-refractivity contribution in [1.29, 1.82) is 0 Å². The Morgan fingerprint density at radius 3 is 2.26 bits per heavy atom. The first-order valence-electron chi connectivity index (χ1n) is 12.5. The summed E-state index contributed by atoms with van der Waals surface area (Å²) < 4.78 is 2.84. The average molecular weight is 562 g/mol. The van der Waals surface area contributed by atoms with Gasteiger partial charge in [0.05, 0.1) is 28.4 Å². The second kappa shape index (κ2) is 11.3. The number of carboxylic acid groups (broad SMARTS) is 1. The smallest absolute Gasteiger partial charge is 0.307 e. The summed E-state index contributed by atoms with van der Waals surface area (Å²) in [5.74, 6) is -0.859.